The number of benzene rings is 2. The Morgan fingerprint density at radius 1 is 0.822 bits per heavy atom. The van der Waals surface area contributed by atoms with Crippen LogP contribution < -0.4 is 0 Å². The zero-order chi connectivity index (χ0) is 31.6. The predicted octanol–water partition coefficient (Wildman–Crippen LogP) is 10.1. The zero-order valence-electron chi connectivity index (χ0n) is 28.0. The van der Waals surface area contributed by atoms with Crippen molar-refractivity contribution in [2.24, 2.45) is 46.3 Å². The largest absolute Gasteiger partial charge is 0.462 e. The summed E-state index contributed by atoms with van der Waals surface area (Å²) in [6.07, 6.45) is 15.9. The second kappa shape index (κ2) is 13.5. The van der Waals surface area contributed by atoms with Crippen molar-refractivity contribution in [1.82, 2.24) is 0 Å². The van der Waals surface area contributed by atoms with Crippen LogP contribution in [-0.2, 0) is 9.47 Å². The number of fused-ring (bicyclic) bond motifs is 5. The summed E-state index contributed by atoms with van der Waals surface area (Å²) in [4.78, 5) is 25.1. The number of allylic oxidation sites excluding steroid dienone is 2. The first-order valence-corrected chi connectivity index (χ1v) is 17.9. The van der Waals surface area contributed by atoms with Crippen molar-refractivity contribution in [3.8, 4) is 0 Å². The molecule has 6 rings (SSSR count). The summed E-state index contributed by atoms with van der Waals surface area (Å²) in [6.45, 7) is 10.3. The van der Waals surface area contributed by atoms with Crippen LogP contribution in [0.5, 0.6) is 0 Å². The van der Waals surface area contributed by atoms with Gasteiger partial charge in [0.1, 0.15) is 6.10 Å². The highest BCUT2D eigenvalue weighted by molar-refractivity contribution is 5.89. The van der Waals surface area contributed by atoms with E-state index in [1.807, 2.05) is 60.7 Å². The summed E-state index contributed by atoms with van der Waals surface area (Å²) >= 11 is 0. The summed E-state index contributed by atoms with van der Waals surface area (Å²) in [6, 6.07) is 18.8. The summed E-state index contributed by atoms with van der Waals surface area (Å²) in [7, 11) is 0. The second-order valence-corrected chi connectivity index (χ2v) is 15.6. The van der Waals surface area contributed by atoms with Gasteiger partial charge in [-0.15, -0.1) is 0 Å². The van der Waals surface area contributed by atoms with Gasteiger partial charge in [-0.3, -0.25) is 0 Å². The van der Waals surface area contributed by atoms with E-state index in [9.17, 15) is 9.59 Å². The van der Waals surface area contributed by atoms with E-state index in [-0.39, 0.29) is 18.0 Å². The van der Waals surface area contributed by atoms with Crippen molar-refractivity contribution >= 4 is 11.9 Å². The lowest BCUT2D eigenvalue weighted by Gasteiger charge is -2.61. The first-order chi connectivity index (χ1) is 21.7. The van der Waals surface area contributed by atoms with Gasteiger partial charge in [0, 0.05) is 0 Å². The Bertz CT molecular complexity index is 1350. The molecule has 9 atom stereocenters. The summed E-state index contributed by atoms with van der Waals surface area (Å²) in [5.74, 6) is 3.64. The predicted molar refractivity (Wildman–Crippen MR) is 180 cm³/mol. The fourth-order valence-electron chi connectivity index (χ4n) is 10.4. The highest BCUT2D eigenvalue weighted by atomic mass is 16.5. The molecule has 0 aliphatic heterocycles. The second-order valence-electron chi connectivity index (χ2n) is 15.6. The molecule has 4 heteroatoms. The monoisotopic (exact) mass is 610 g/mol. The standard InChI is InChI=1S/C41H54O4/c1-28(27-44-38(42)30-14-7-5-8-15-30)12-11-13-29(2)35-20-21-36-34-19-18-32-26-33(45-39(43)31-16-9-6-10-17-31)22-24-40(32,3)37(34)23-25-41(35,36)4/h5-10,14-17,20,28-29,32-34,36-37H,11-13,18-19,21-27H2,1-4H3/t28-,29-,32+,33+,34+,36+,37+,40+,41-/m1/s1. The van der Waals surface area contributed by atoms with E-state index >= 15 is 0 Å². The van der Waals surface area contributed by atoms with Crippen molar-refractivity contribution in [2.75, 3.05) is 6.61 Å². The van der Waals surface area contributed by atoms with Crippen LogP contribution in [0.2, 0.25) is 0 Å². The van der Waals surface area contributed by atoms with Gasteiger partial charge >= 0.3 is 11.9 Å². The molecule has 0 aromatic heterocycles. The molecule has 0 saturated heterocycles. The van der Waals surface area contributed by atoms with E-state index in [1.54, 1.807) is 5.57 Å². The minimum Gasteiger partial charge on any atom is -0.462 e. The molecule has 0 spiro atoms. The van der Waals surface area contributed by atoms with E-state index < -0.39 is 0 Å². The maximum atomic E-state index is 12.8. The van der Waals surface area contributed by atoms with E-state index in [0.717, 1.165) is 37.0 Å². The maximum Gasteiger partial charge on any atom is 0.338 e. The maximum absolute atomic E-state index is 12.8. The quantitative estimate of drug-likeness (QED) is 0.198. The van der Waals surface area contributed by atoms with Crippen LogP contribution in [0.4, 0.5) is 0 Å². The van der Waals surface area contributed by atoms with Gasteiger partial charge in [0.15, 0.2) is 0 Å². The molecule has 0 radical (unpaired) electrons. The van der Waals surface area contributed by atoms with Crippen molar-refractivity contribution in [1.29, 1.82) is 0 Å². The molecule has 4 aliphatic carbocycles. The molecule has 4 nitrogen and oxygen atoms in total. The molecular formula is C41H54O4. The van der Waals surface area contributed by atoms with Crippen molar-refractivity contribution < 1.29 is 19.1 Å². The Hall–Kier alpha value is -2.88. The van der Waals surface area contributed by atoms with E-state index in [2.05, 4.69) is 33.8 Å². The molecule has 2 aromatic rings. The van der Waals surface area contributed by atoms with Gasteiger partial charge in [0.25, 0.3) is 0 Å². The van der Waals surface area contributed by atoms with Gasteiger partial charge < -0.3 is 9.47 Å². The Morgan fingerprint density at radius 3 is 2.22 bits per heavy atom. The minimum absolute atomic E-state index is 0.0559. The molecule has 45 heavy (non-hydrogen) atoms. The topological polar surface area (TPSA) is 52.6 Å². The van der Waals surface area contributed by atoms with Gasteiger partial charge in [-0.2, -0.15) is 0 Å². The highest BCUT2D eigenvalue weighted by Gasteiger charge is 2.59. The Morgan fingerprint density at radius 2 is 1.51 bits per heavy atom. The molecule has 4 aliphatic rings. The smallest absolute Gasteiger partial charge is 0.338 e. The van der Waals surface area contributed by atoms with Gasteiger partial charge in [0.05, 0.1) is 17.7 Å². The van der Waals surface area contributed by atoms with Gasteiger partial charge in [-0.1, -0.05) is 82.2 Å². The molecule has 3 fully saturated rings. The third-order valence-electron chi connectivity index (χ3n) is 12.9. The Labute approximate surface area is 271 Å². The average Bonchev–Trinajstić information content (AvgIpc) is 3.42. The number of hydrogen-bond acceptors (Lipinski definition) is 4. The Balaban J connectivity index is 0.992. The fourth-order valence-corrected chi connectivity index (χ4v) is 10.4. The molecular weight excluding hydrogens is 556 g/mol. The molecule has 2 aromatic carbocycles. The van der Waals surface area contributed by atoms with Crippen LogP contribution in [0.15, 0.2) is 72.3 Å². The molecule has 0 amide bonds. The van der Waals surface area contributed by atoms with Crippen LogP contribution in [0.1, 0.15) is 119 Å². The van der Waals surface area contributed by atoms with Crippen LogP contribution in [0.25, 0.3) is 0 Å². The molecule has 3 saturated carbocycles. The Kier molecular flexibility index (Phi) is 9.60. The number of hydrogen-bond donors (Lipinski definition) is 0. The van der Waals surface area contributed by atoms with Crippen molar-refractivity contribution in [2.45, 2.75) is 104 Å². The van der Waals surface area contributed by atoms with E-state index in [4.69, 9.17) is 9.47 Å². The minimum atomic E-state index is -0.219. The first kappa shape index (κ1) is 32.1. The van der Waals surface area contributed by atoms with E-state index in [1.165, 1.54) is 51.4 Å². The van der Waals surface area contributed by atoms with Crippen molar-refractivity contribution in [3.63, 3.8) is 0 Å². The lowest BCUT2D eigenvalue weighted by molar-refractivity contribution is -0.120. The third-order valence-corrected chi connectivity index (χ3v) is 12.9. The highest BCUT2D eigenvalue weighted by Crippen LogP contribution is 2.67. The number of carbonyl (C=O) groups is 2. The van der Waals surface area contributed by atoms with Crippen LogP contribution in [-0.4, -0.2) is 24.6 Å². The van der Waals surface area contributed by atoms with Gasteiger partial charge in [0.2, 0.25) is 0 Å². The number of ether oxygens (including phenoxy) is 2. The van der Waals surface area contributed by atoms with Crippen LogP contribution >= 0.6 is 0 Å². The molecule has 0 unspecified atom stereocenters. The zero-order valence-corrected chi connectivity index (χ0v) is 28.0. The number of carbonyl (C=O) groups excluding carboxylic acids is 2. The van der Waals surface area contributed by atoms with Gasteiger partial charge in [-0.25, -0.2) is 9.59 Å². The van der Waals surface area contributed by atoms with Crippen LogP contribution in [0.3, 0.4) is 0 Å². The first-order valence-electron chi connectivity index (χ1n) is 17.9. The van der Waals surface area contributed by atoms with Crippen LogP contribution in [0, 0.1) is 46.3 Å². The van der Waals surface area contributed by atoms with E-state index in [0.29, 0.717) is 46.3 Å². The normalized spacial score (nSPS) is 33.5. The lowest BCUT2D eigenvalue weighted by atomic mass is 9.44. The molecule has 0 N–H and O–H groups in total. The summed E-state index contributed by atoms with van der Waals surface area (Å²) in [5.41, 5.74) is 3.73. The molecule has 0 bridgehead atoms. The lowest BCUT2D eigenvalue weighted by Crippen LogP contribution is -2.54. The SMILES string of the molecule is C[C@H](CCC[C@@H](C)C1=CC[C@H]2[C@@H]3CC[C@H]4C[C@@H](OC(=O)c5ccccc5)CC[C@]4(C)[C@H]3CC[C@]12C)COC(=O)c1ccccc1. The molecule has 0 heterocycles. The third kappa shape index (κ3) is 6.54. The summed E-state index contributed by atoms with van der Waals surface area (Å²) in [5, 5.41) is 0. The van der Waals surface area contributed by atoms with Gasteiger partial charge in [-0.05, 0) is 135 Å². The molecule has 242 valence electrons. The van der Waals surface area contributed by atoms with Crippen molar-refractivity contribution in [3.05, 3.63) is 83.4 Å². The fraction of sp³-hybridized carbons (Fsp3) is 0.610. The summed E-state index contributed by atoms with van der Waals surface area (Å²) < 4.78 is 11.7. The average molecular weight is 611 g/mol. The number of rotatable bonds is 10. The number of esters is 2.